The van der Waals surface area contributed by atoms with Gasteiger partial charge in [0.1, 0.15) is 10.0 Å². The quantitative estimate of drug-likeness (QED) is 0.0997. The number of Topliss-reactive ketones (excluding diaryl/α,β-unsaturated/α-hetero) is 4. The van der Waals surface area contributed by atoms with E-state index in [4.69, 9.17) is 9.97 Å². The van der Waals surface area contributed by atoms with Gasteiger partial charge in [-0.05, 0) is 108 Å². The molecule has 0 bridgehead atoms. The minimum absolute atomic E-state index is 0.0312. The summed E-state index contributed by atoms with van der Waals surface area (Å²) in [4.78, 5) is 64.6. The fourth-order valence-electron chi connectivity index (χ4n) is 10.7. The second-order valence-corrected chi connectivity index (χ2v) is 18.7. The van der Waals surface area contributed by atoms with E-state index in [1.165, 1.54) is 34.8 Å². The molecule has 2 heterocycles. The Morgan fingerprint density at radius 2 is 0.867 bits per heavy atom. The zero-order valence-electron chi connectivity index (χ0n) is 31.5. The highest BCUT2D eigenvalue weighted by atomic mass is 32.1. The van der Waals surface area contributed by atoms with E-state index in [2.05, 4.69) is 12.1 Å². The van der Waals surface area contributed by atoms with Gasteiger partial charge in [-0.1, -0.05) is 50.7 Å². The topological polar surface area (TPSA) is 94.1 Å². The average molecular weight is 853 g/mol. The minimum Gasteiger partial charge on any atom is -0.285 e. The van der Waals surface area contributed by atoms with E-state index >= 15 is 0 Å². The summed E-state index contributed by atoms with van der Waals surface area (Å²) in [6, 6.07) is 10.2. The fraction of sp³-hybridized carbons (Fsp3) is 0.304. The molecule has 6 aliphatic rings. The molecule has 6 nitrogen and oxygen atoms in total. The van der Waals surface area contributed by atoms with Crippen LogP contribution in [-0.2, 0) is 32.8 Å². The number of rotatable bonds is 2. The molecule has 0 amide bonds. The summed E-state index contributed by atoms with van der Waals surface area (Å²) in [7, 11) is 0. The molecule has 0 unspecified atom stereocenters. The fourth-order valence-corrected chi connectivity index (χ4v) is 13.0. The Labute approximate surface area is 346 Å². The average Bonchev–Trinajstić information content (AvgIpc) is 4.04. The zero-order chi connectivity index (χ0) is 41.7. The third-order valence-corrected chi connectivity index (χ3v) is 15.6. The minimum atomic E-state index is -4.67. The van der Waals surface area contributed by atoms with Crippen molar-refractivity contribution < 1.29 is 45.5 Å². The van der Waals surface area contributed by atoms with Crippen molar-refractivity contribution >= 4 is 69.1 Å². The number of alkyl halides is 6. The molecule has 0 saturated heterocycles. The van der Waals surface area contributed by atoms with E-state index in [9.17, 15) is 45.5 Å². The molecule has 2 spiro atoms. The molecule has 2 saturated carbocycles. The molecule has 60 heavy (non-hydrogen) atoms. The number of ketones is 4. The summed E-state index contributed by atoms with van der Waals surface area (Å²) in [5.41, 5.74) is 3.28. The highest BCUT2D eigenvalue weighted by Crippen LogP contribution is 2.63. The standard InChI is InChI=1S/C46H30F6N2O4S2/c47-45(48,49)21-7-9-23-25(15-21)35(55)37(57)27(23)19-33-53-41-39(59-33)29-18-32-30(17-31(29)43(41)11-3-1-4-12-43)40-42(44(32)13-5-2-6-14-44)54-34(60-40)20-28-24-10-8-22(46(50,51)52)16-26(24)36(56)38(28)58/h7-10,15-20H,1-6,11-14H2/b27-19-,28-20-. The van der Waals surface area contributed by atoms with Crippen LogP contribution in [0, 0.1) is 0 Å². The molecule has 5 aromatic rings. The second kappa shape index (κ2) is 12.6. The number of carbonyl (C=O) groups excluding carboxylic acids is 4. The largest absolute Gasteiger partial charge is 0.416 e. The Morgan fingerprint density at radius 3 is 1.23 bits per heavy atom. The van der Waals surface area contributed by atoms with Crippen molar-refractivity contribution in [3.05, 3.63) is 114 Å². The maximum Gasteiger partial charge on any atom is 0.416 e. The molecule has 2 fully saturated rings. The summed E-state index contributed by atoms with van der Waals surface area (Å²) in [6.45, 7) is 0. The summed E-state index contributed by atoms with van der Waals surface area (Å²) < 4.78 is 81.0. The van der Waals surface area contributed by atoms with Crippen LogP contribution in [0.25, 0.3) is 44.2 Å². The van der Waals surface area contributed by atoms with Crippen LogP contribution in [-0.4, -0.2) is 33.1 Å². The van der Waals surface area contributed by atoms with Gasteiger partial charge in [-0.2, -0.15) is 26.3 Å². The normalized spacial score (nSPS) is 21.0. The molecule has 14 heteroatoms. The number of nitrogens with zero attached hydrogens (tertiary/aromatic N) is 2. The SMILES string of the molecule is O=C1C(=O)c2cc(C(F)(F)F)ccc2/C1=C/c1nc2c(s1)-c1cc3c(cc1C21CCCCC1)-c1sc(/C=C2\C(=O)C(=O)c4cc(C(F)(F)F)ccc42)nc1C31CCCCC1. The Balaban J connectivity index is 1.03. The third-order valence-electron chi connectivity index (χ3n) is 13.5. The van der Waals surface area contributed by atoms with Crippen molar-refractivity contribution in [2.45, 2.75) is 87.4 Å². The summed E-state index contributed by atoms with van der Waals surface area (Å²) in [5, 5.41) is 1.00. The van der Waals surface area contributed by atoms with E-state index in [-0.39, 0.29) is 33.4 Å². The zero-order valence-corrected chi connectivity index (χ0v) is 33.1. The van der Waals surface area contributed by atoms with Gasteiger partial charge in [0.15, 0.2) is 0 Å². The first-order chi connectivity index (χ1) is 28.6. The second-order valence-electron chi connectivity index (χ2n) is 16.6. The van der Waals surface area contributed by atoms with Gasteiger partial charge in [0.2, 0.25) is 23.1 Å². The Hall–Kier alpha value is -5.34. The van der Waals surface area contributed by atoms with Gasteiger partial charge in [0, 0.05) is 33.1 Å². The number of carbonyl (C=O) groups is 4. The van der Waals surface area contributed by atoms with Crippen LogP contribution in [0.2, 0.25) is 0 Å². The molecule has 2 aromatic heterocycles. The number of fused-ring (bicyclic) bond motifs is 12. The van der Waals surface area contributed by atoms with Crippen LogP contribution >= 0.6 is 22.7 Å². The smallest absolute Gasteiger partial charge is 0.285 e. The third kappa shape index (κ3) is 5.18. The van der Waals surface area contributed by atoms with Crippen molar-refractivity contribution in [2.24, 2.45) is 0 Å². The van der Waals surface area contributed by atoms with Gasteiger partial charge in [-0.25, -0.2) is 9.97 Å². The predicted octanol–water partition coefficient (Wildman–Crippen LogP) is 11.7. The number of thiazole rings is 2. The van der Waals surface area contributed by atoms with E-state index in [0.29, 0.717) is 10.0 Å². The molecule has 302 valence electrons. The van der Waals surface area contributed by atoms with Crippen molar-refractivity contribution in [1.29, 1.82) is 0 Å². The highest BCUT2D eigenvalue weighted by Gasteiger charge is 2.52. The number of allylic oxidation sites excluding steroid dienone is 2. The van der Waals surface area contributed by atoms with Gasteiger partial charge < -0.3 is 0 Å². The lowest BCUT2D eigenvalue weighted by atomic mass is 9.67. The van der Waals surface area contributed by atoms with E-state index in [1.807, 2.05) is 0 Å². The summed E-state index contributed by atoms with van der Waals surface area (Å²) in [5.74, 6) is -3.66. The van der Waals surface area contributed by atoms with Gasteiger partial charge in [0.05, 0.1) is 32.3 Å². The van der Waals surface area contributed by atoms with Crippen LogP contribution in [0.15, 0.2) is 48.5 Å². The molecule has 3 aromatic carbocycles. The van der Waals surface area contributed by atoms with Crippen LogP contribution in [0.3, 0.4) is 0 Å². The van der Waals surface area contributed by atoms with Gasteiger partial charge >= 0.3 is 12.4 Å². The highest BCUT2D eigenvalue weighted by molar-refractivity contribution is 7.17. The predicted molar refractivity (Wildman–Crippen MR) is 214 cm³/mol. The molecule has 0 atom stereocenters. The van der Waals surface area contributed by atoms with Gasteiger partial charge in [0.25, 0.3) is 0 Å². The molecule has 0 N–H and O–H groups in total. The molecule has 0 radical (unpaired) electrons. The Morgan fingerprint density at radius 1 is 0.483 bits per heavy atom. The van der Waals surface area contributed by atoms with Crippen molar-refractivity contribution in [1.82, 2.24) is 9.97 Å². The van der Waals surface area contributed by atoms with E-state index in [0.717, 1.165) is 132 Å². The van der Waals surface area contributed by atoms with Crippen molar-refractivity contribution in [3.8, 4) is 20.9 Å². The van der Waals surface area contributed by atoms with Crippen molar-refractivity contribution in [2.75, 3.05) is 0 Å². The lowest BCUT2D eigenvalue weighted by molar-refractivity contribution is -0.138. The van der Waals surface area contributed by atoms with Crippen LogP contribution in [0.1, 0.15) is 140 Å². The maximum absolute atomic E-state index is 13.5. The monoisotopic (exact) mass is 852 g/mol. The number of hydrogen-bond acceptors (Lipinski definition) is 8. The lowest BCUT2D eigenvalue weighted by Crippen LogP contribution is -2.30. The molecular weight excluding hydrogens is 823 g/mol. The van der Waals surface area contributed by atoms with Crippen molar-refractivity contribution in [3.63, 3.8) is 0 Å². The first-order valence-electron chi connectivity index (χ1n) is 19.9. The summed E-state index contributed by atoms with van der Waals surface area (Å²) >= 11 is 2.83. The molecule has 0 aliphatic heterocycles. The lowest BCUT2D eigenvalue weighted by Gasteiger charge is -2.36. The van der Waals surface area contributed by atoms with E-state index < -0.39 is 57.4 Å². The maximum atomic E-state index is 13.5. The molecule has 6 aliphatic carbocycles. The van der Waals surface area contributed by atoms with Crippen LogP contribution in [0.5, 0.6) is 0 Å². The number of hydrogen-bond donors (Lipinski definition) is 0. The van der Waals surface area contributed by atoms with Crippen LogP contribution < -0.4 is 0 Å². The Kier molecular flexibility index (Phi) is 7.91. The van der Waals surface area contributed by atoms with E-state index in [1.54, 1.807) is 12.2 Å². The van der Waals surface area contributed by atoms with Gasteiger partial charge in [-0.3, -0.25) is 19.2 Å². The van der Waals surface area contributed by atoms with Gasteiger partial charge in [-0.15, -0.1) is 22.7 Å². The molecular formula is C46H30F6N2O4S2. The number of halogens is 6. The Bertz CT molecular complexity index is 2700. The first kappa shape index (κ1) is 37.6. The number of aromatic nitrogens is 2. The number of benzene rings is 3. The van der Waals surface area contributed by atoms with Crippen LogP contribution in [0.4, 0.5) is 26.3 Å². The first-order valence-corrected chi connectivity index (χ1v) is 21.5. The summed E-state index contributed by atoms with van der Waals surface area (Å²) in [6.07, 6.45) is 3.13. The molecule has 11 rings (SSSR count).